The predicted molar refractivity (Wildman–Crippen MR) is 102 cm³/mol. The maximum Gasteiger partial charge on any atom is 0.262 e. The van der Waals surface area contributed by atoms with Crippen LogP contribution in [0, 0.1) is 6.92 Å². The number of hydrogen-bond acceptors (Lipinski definition) is 5. The second-order valence-electron chi connectivity index (χ2n) is 6.71. The summed E-state index contributed by atoms with van der Waals surface area (Å²) in [6, 6.07) is 4.66. The fraction of sp³-hybridized carbons (Fsp3) is 0.444. The molecular formula is C18H24N4O4S. The van der Waals surface area contributed by atoms with Gasteiger partial charge in [0.2, 0.25) is 5.91 Å². The SMILES string of the molecule is CC(=O)Nc1ccc(S(=O)(=O)Nc2cnn(C[C@H]3CCCCO3)c2)c(C)c1. The molecule has 1 atom stereocenters. The molecule has 0 saturated carbocycles. The van der Waals surface area contributed by atoms with Gasteiger partial charge in [-0.3, -0.25) is 14.2 Å². The monoisotopic (exact) mass is 392 g/mol. The van der Waals surface area contributed by atoms with Crippen LogP contribution < -0.4 is 10.0 Å². The van der Waals surface area contributed by atoms with E-state index in [9.17, 15) is 13.2 Å². The highest BCUT2D eigenvalue weighted by atomic mass is 32.2. The molecule has 2 N–H and O–H groups in total. The zero-order chi connectivity index (χ0) is 19.4. The molecule has 0 bridgehead atoms. The van der Waals surface area contributed by atoms with Gasteiger partial charge in [-0.1, -0.05) is 0 Å². The number of carbonyl (C=O) groups is 1. The Morgan fingerprint density at radius 1 is 1.33 bits per heavy atom. The van der Waals surface area contributed by atoms with Gasteiger partial charge in [-0.2, -0.15) is 5.10 Å². The molecule has 0 aliphatic carbocycles. The van der Waals surface area contributed by atoms with E-state index in [1.807, 2.05) is 0 Å². The van der Waals surface area contributed by atoms with E-state index >= 15 is 0 Å². The Morgan fingerprint density at radius 3 is 2.81 bits per heavy atom. The molecule has 1 aliphatic rings. The van der Waals surface area contributed by atoms with Crippen molar-refractivity contribution in [2.75, 3.05) is 16.6 Å². The summed E-state index contributed by atoms with van der Waals surface area (Å²) in [4.78, 5) is 11.3. The lowest BCUT2D eigenvalue weighted by atomic mass is 10.1. The lowest BCUT2D eigenvalue weighted by Crippen LogP contribution is -2.24. The zero-order valence-electron chi connectivity index (χ0n) is 15.4. The summed E-state index contributed by atoms with van der Waals surface area (Å²) in [6.07, 6.45) is 6.48. The highest BCUT2D eigenvalue weighted by Crippen LogP contribution is 2.22. The van der Waals surface area contributed by atoms with Gasteiger partial charge in [0.05, 0.1) is 29.4 Å². The van der Waals surface area contributed by atoms with Gasteiger partial charge in [0.15, 0.2) is 0 Å². The molecule has 27 heavy (non-hydrogen) atoms. The van der Waals surface area contributed by atoms with Gasteiger partial charge in [-0.15, -0.1) is 0 Å². The number of aromatic nitrogens is 2. The number of rotatable bonds is 6. The van der Waals surface area contributed by atoms with Crippen LogP contribution in [-0.2, 0) is 26.1 Å². The van der Waals surface area contributed by atoms with Gasteiger partial charge >= 0.3 is 0 Å². The van der Waals surface area contributed by atoms with E-state index in [4.69, 9.17) is 4.74 Å². The van der Waals surface area contributed by atoms with E-state index in [0.717, 1.165) is 25.9 Å². The first-order valence-electron chi connectivity index (χ1n) is 8.88. The molecule has 0 radical (unpaired) electrons. The molecule has 1 saturated heterocycles. The minimum absolute atomic E-state index is 0.117. The van der Waals surface area contributed by atoms with Crippen molar-refractivity contribution in [1.29, 1.82) is 0 Å². The highest BCUT2D eigenvalue weighted by molar-refractivity contribution is 7.92. The molecule has 146 valence electrons. The van der Waals surface area contributed by atoms with Crippen molar-refractivity contribution in [2.24, 2.45) is 0 Å². The van der Waals surface area contributed by atoms with Crippen LogP contribution in [0.25, 0.3) is 0 Å². The first kappa shape index (κ1) is 19.4. The smallest absolute Gasteiger partial charge is 0.262 e. The summed E-state index contributed by atoms with van der Waals surface area (Å²) in [5, 5.41) is 6.86. The minimum atomic E-state index is -3.76. The lowest BCUT2D eigenvalue weighted by molar-refractivity contribution is -0.114. The zero-order valence-corrected chi connectivity index (χ0v) is 16.3. The Balaban J connectivity index is 1.70. The number of aryl methyl sites for hydroxylation is 1. The molecule has 2 heterocycles. The van der Waals surface area contributed by atoms with Gasteiger partial charge in [-0.25, -0.2) is 8.42 Å². The minimum Gasteiger partial charge on any atom is -0.376 e. The average Bonchev–Trinajstić information content (AvgIpc) is 3.01. The van der Waals surface area contributed by atoms with Crippen molar-refractivity contribution in [3.63, 3.8) is 0 Å². The summed E-state index contributed by atoms with van der Waals surface area (Å²) in [5.74, 6) is -0.211. The van der Waals surface area contributed by atoms with Crippen LogP contribution in [0.5, 0.6) is 0 Å². The average molecular weight is 392 g/mol. The van der Waals surface area contributed by atoms with E-state index in [1.165, 1.54) is 19.2 Å². The maximum atomic E-state index is 12.7. The Labute approximate surface area is 159 Å². The number of amides is 1. The summed E-state index contributed by atoms with van der Waals surface area (Å²) in [5.41, 5.74) is 1.49. The second kappa shape index (κ2) is 8.10. The standard InChI is InChI=1S/C18H24N4O4S/c1-13-9-15(20-14(2)23)6-7-18(13)27(24,25)21-16-10-19-22(11-16)12-17-5-3-4-8-26-17/h6-7,9-11,17,21H,3-5,8,12H2,1-2H3,(H,20,23)/t17-/m1/s1. The highest BCUT2D eigenvalue weighted by Gasteiger charge is 2.19. The molecule has 2 aromatic rings. The van der Waals surface area contributed by atoms with Crippen molar-refractivity contribution in [3.05, 3.63) is 36.2 Å². The Morgan fingerprint density at radius 2 is 2.15 bits per heavy atom. The van der Waals surface area contributed by atoms with Crippen molar-refractivity contribution in [3.8, 4) is 0 Å². The first-order valence-corrected chi connectivity index (χ1v) is 10.4. The molecule has 1 aliphatic heterocycles. The number of ether oxygens (including phenoxy) is 1. The largest absolute Gasteiger partial charge is 0.376 e. The molecular weight excluding hydrogens is 368 g/mol. The van der Waals surface area contributed by atoms with Gasteiger partial charge in [0.25, 0.3) is 10.0 Å². The number of nitrogens with zero attached hydrogens (tertiary/aromatic N) is 2. The van der Waals surface area contributed by atoms with Crippen LogP contribution in [0.15, 0.2) is 35.5 Å². The number of sulfonamides is 1. The third kappa shape index (κ3) is 5.08. The number of nitrogens with one attached hydrogen (secondary N) is 2. The molecule has 0 spiro atoms. The molecule has 9 heteroatoms. The summed E-state index contributed by atoms with van der Waals surface area (Å²) in [6.45, 7) is 4.45. The second-order valence-corrected chi connectivity index (χ2v) is 8.36. The topological polar surface area (TPSA) is 102 Å². The lowest BCUT2D eigenvalue weighted by Gasteiger charge is -2.22. The van der Waals surface area contributed by atoms with E-state index in [2.05, 4.69) is 15.1 Å². The Hall–Kier alpha value is -2.39. The summed E-state index contributed by atoms with van der Waals surface area (Å²) < 4.78 is 35.3. The summed E-state index contributed by atoms with van der Waals surface area (Å²) >= 11 is 0. The third-order valence-corrected chi connectivity index (χ3v) is 5.88. The normalized spacial score (nSPS) is 17.5. The van der Waals surface area contributed by atoms with Crippen LogP contribution >= 0.6 is 0 Å². The first-order chi connectivity index (χ1) is 12.8. The van der Waals surface area contributed by atoms with Gasteiger partial charge in [0, 0.05) is 25.4 Å². The molecule has 1 aromatic carbocycles. The van der Waals surface area contributed by atoms with Gasteiger partial charge in [-0.05, 0) is 49.9 Å². The molecule has 1 aromatic heterocycles. The Kier molecular flexibility index (Phi) is 5.81. The number of anilines is 2. The van der Waals surface area contributed by atoms with Gasteiger partial charge in [0.1, 0.15) is 0 Å². The fourth-order valence-corrected chi connectivity index (χ4v) is 4.37. The fourth-order valence-electron chi connectivity index (χ4n) is 3.12. The molecule has 0 unspecified atom stereocenters. The van der Waals surface area contributed by atoms with Crippen LogP contribution in [0.1, 0.15) is 31.7 Å². The molecule has 8 nitrogen and oxygen atoms in total. The van der Waals surface area contributed by atoms with Crippen LogP contribution in [0.3, 0.4) is 0 Å². The van der Waals surface area contributed by atoms with E-state index < -0.39 is 10.0 Å². The molecule has 3 rings (SSSR count). The van der Waals surface area contributed by atoms with E-state index in [0.29, 0.717) is 23.5 Å². The van der Waals surface area contributed by atoms with Crippen LogP contribution in [-0.4, -0.2) is 36.8 Å². The summed E-state index contributed by atoms with van der Waals surface area (Å²) in [7, 11) is -3.76. The van der Waals surface area contributed by atoms with E-state index in [1.54, 1.807) is 29.9 Å². The van der Waals surface area contributed by atoms with Crippen LogP contribution in [0.2, 0.25) is 0 Å². The maximum absolute atomic E-state index is 12.7. The number of carbonyl (C=O) groups excluding carboxylic acids is 1. The Bertz CT molecular complexity index is 917. The van der Waals surface area contributed by atoms with Crippen LogP contribution in [0.4, 0.5) is 11.4 Å². The number of hydrogen-bond donors (Lipinski definition) is 2. The van der Waals surface area contributed by atoms with Gasteiger partial charge < -0.3 is 10.1 Å². The molecule has 1 amide bonds. The predicted octanol–water partition coefficient (Wildman–Crippen LogP) is 2.52. The van der Waals surface area contributed by atoms with Crippen molar-refractivity contribution >= 4 is 27.3 Å². The van der Waals surface area contributed by atoms with Crippen molar-refractivity contribution < 1.29 is 17.9 Å². The van der Waals surface area contributed by atoms with Crippen molar-refractivity contribution in [1.82, 2.24) is 9.78 Å². The number of benzene rings is 1. The van der Waals surface area contributed by atoms with Crippen molar-refractivity contribution in [2.45, 2.75) is 50.7 Å². The molecule has 1 fully saturated rings. The quantitative estimate of drug-likeness (QED) is 0.786. The van der Waals surface area contributed by atoms with E-state index in [-0.39, 0.29) is 16.9 Å². The third-order valence-electron chi connectivity index (χ3n) is 4.33.